The Morgan fingerprint density at radius 1 is 1.06 bits per heavy atom. The van der Waals surface area contributed by atoms with E-state index in [0.29, 0.717) is 24.7 Å². The van der Waals surface area contributed by atoms with E-state index in [1.807, 2.05) is 18.2 Å². The minimum Gasteiger partial charge on any atom is -0.451 e. The molecule has 5 heteroatoms. The zero-order valence-corrected chi connectivity index (χ0v) is 19.8. The third kappa shape index (κ3) is 3.23. The monoisotopic (exact) mass is 447 g/mol. The molecule has 0 spiro atoms. The largest absolute Gasteiger partial charge is 0.451 e. The smallest absolute Gasteiger partial charge is 0.303 e. The van der Waals surface area contributed by atoms with Crippen LogP contribution in [0.5, 0.6) is 0 Å². The third-order valence-corrected chi connectivity index (χ3v) is 9.13. The maximum Gasteiger partial charge on any atom is 0.303 e. The lowest BCUT2D eigenvalue weighted by molar-refractivity contribution is -0.181. The number of rotatable bonds is 3. The van der Waals surface area contributed by atoms with Crippen molar-refractivity contribution < 1.29 is 19.1 Å². The summed E-state index contributed by atoms with van der Waals surface area (Å²) in [5.41, 5.74) is 10.4. The normalized spacial score (nSPS) is 35.3. The van der Waals surface area contributed by atoms with E-state index in [9.17, 15) is 14.4 Å². The molecule has 1 aromatic rings. The minimum absolute atomic E-state index is 0.0294. The van der Waals surface area contributed by atoms with E-state index in [-0.39, 0.29) is 28.9 Å². The SMILES string of the molecule is CC(=O)O[C@]1(C(C)=O)CC[C@H]2[C@@H]3CCC4=CC(=O)CC(c5ccc(N)cc5)C4=C3CC[C@@]21C. The van der Waals surface area contributed by atoms with Gasteiger partial charge in [0.2, 0.25) is 0 Å². The number of Topliss-reactive ketones (excluding diaryl/α,β-unsaturated/α-hetero) is 1. The molecular formula is C28H33NO4. The van der Waals surface area contributed by atoms with E-state index < -0.39 is 5.60 Å². The molecule has 0 aliphatic heterocycles. The molecule has 4 aliphatic rings. The molecular weight excluding hydrogens is 414 g/mol. The van der Waals surface area contributed by atoms with Crippen molar-refractivity contribution in [3.63, 3.8) is 0 Å². The average molecular weight is 448 g/mol. The molecule has 1 unspecified atom stereocenters. The zero-order chi connectivity index (χ0) is 23.5. The second kappa shape index (κ2) is 7.68. The van der Waals surface area contributed by atoms with Crippen LogP contribution >= 0.6 is 0 Å². The van der Waals surface area contributed by atoms with Crippen LogP contribution in [0.15, 0.2) is 47.1 Å². The molecule has 33 heavy (non-hydrogen) atoms. The molecule has 2 fully saturated rings. The molecule has 5 nitrogen and oxygen atoms in total. The van der Waals surface area contributed by atoms with Crippen molar-refractivity contribution in [2.45, 2.75) is 77.2 Å². The Kier molecular flexibility index (Phi) is 5.15. The molecule has 1 aromatic carbocycles. The van der Waals surface area contributed by atoms with Gasteiger partial charge in [0.15, 0.2) is 17.2 Å². The topological polar surface area (TPSA) is 86.5 Å². The lowest BCUT2D eigenvalue weighted by Gasteiger charge is -2.52. The molecule has 4 aliphatic carbocycles. The highest BCUT2D eigenvalue weighted by molar-refractivity contribution is 5.94. The number of nitrogen functional groups attached to an aromatic ring is 1. The predicted octanol–water partition coefficient (Wildman–Crippen LogP) is 5.06. The summed E-state index contributed by atoms with van der Waals surface area (Å²) in [5.74, 6) is 0.507. The maximum absolute atomic E-state index is 12.9. The van der Waals surface area contributed by atoms with Crippen LogP contribution in [-0.4, -0.2) is 23.1 Å². The lowest BCUT2D eigenvalue weighted by Crippen LogP contribution is -2.56. The first-order chi connectivity index (χ1) is 15.7. The van der Waals surface area contributed by atoms with Crippen molar-refractivity contribution in [3.05, 3.63) is 52.6 Å². The first-order valence-corrected chi connectivity index (χ1v) is 12.2. The molecule has 0 radical (unpaired) electrons. The zero-order valence-electron chi connectivity index (χ0n) is 19.8. The number of nitrogens with two attached hydrogens (primary N) is 1. The van der Waals surface area contributed by atoms with E-state index in [1.165, 1.54) is 23.6 Å². The highest BCUT2D eigenvalue weighted by Gasteiger charge is 2.65. The van der Waals surface area contributed by atoms with Gasteiger partial charge in [0.25, 0.3) is 0 Å². The predicted molar refractivity (Wildman–Crippen MR) is 126 cm³/mol. The van der Waals surface area contributed by atoms with Gasteiger partial charge in [0, 0.05) is 30.4 Å². The number of ether oxygens (including phenoxy) is 1. The number of hydrogen-bond acceptors (Lipinski definition) is 5. The summed E-state index contributed by atoms with van der Waals surface area (Å²) in [7, 11) is 0. The molecule has 0 saturated heterocycles. The molecule has 5 rings (SSSR count). The van der Waals surface area contributed by atoms with Crippen molar-refractivity contribution in [2.24, 2.45) is 17.3 Å². The van der Waals surface area contributed by atoms with E-state index >= 15 is 0 Å². The van der Waals surface area contributed by atoms with Gasteiger partial charge in [-0.3, -0.25) is 14.4 Å². The summed E-state index contributed by atoms with van der Waals surface area (Å²) >= 11 is 0. The Morgan fingerprint density at radius 2 is 1.79 bits per heavy atom. The highest BCUT2D eigenvalue weighted by atomic mass is 16.6. The van der Waals surface area contributed by atoms with Crippen LogP contribution in [0.2, 0.25) is 0 Å². The quantitative estimate of drug-likeness (QED) is 0.517. The first kappa shape index (κ1) is 22.1. The Balaban J connectivity index is 1.59. The molecule has 0 bridgehead atoms. The van der Waals surface area contributed by atoms with Gasteiger partial charge in [0.05, 0.1) is 0 Å². The summed E-state index contributed by atoms with van der Waals surface area (Å²) in [6, 6.07) is 7.94. The summed E-state index contributed by atoms with van der Waals surface area (Å²) < 4.78 is 5.86. The van der Waals surface area contributed by atoms with Crippen LogP contribution in [0, 0.1) is 17.3 Å². The van der Waals surface area contributed by atoms with Gasteiger partial charge in [-0.1, -0.05) is 24.6 Å². The van der Waals surface area contributed by atoms with Crippen LogP contribution in [0.25, 0.3) is 0 Å². The molecule has 2 N–H and O–H groups in total. The van der Waals surface area contributed by atoms with Crippen molar-refractivity contribution in [1.82, 2.24) is 0 Å². The van der Waals surface area contributed by atoms with E-state index in [4.69, 9.17) is 10.5 Å². The Morgan fingerprint density at radius 3 is 2.45 bits per heavy atom. The Labute approximate surface area is 195 Å². The number of ketones is 2. The standard InChI is InChI=1S/C28H33NO4/c1-16(30)28(33-17(2)31)13-11-25-22-9-6-19-14-21(32)15-24(18-4-7-20(29)8-5-18)26(19)23(22)10-12-27(25,28)3/h4-5,7-8,14,22,24-25H,6,9-13,15,29H2,1-3H3/t22-,24?,25+,27+,28+/m1/s1. The number of hydrogen-bond donors (Lipinski definition) is 1. The summed E-state index contributed by atoms with van der Waals surface area (Å²) in [6.45, 7) is 5.16. The van der Waals surface area contributed by atoms with Crippen molar-refractivity contribution in [3.8, 4) is 0 Å². The second-order valence-electron chi connectivity index (χ2n) is 10.7. The van der Waals surface area contributed by atoms with Crippen LogP contribution in [0.4, 0.5) is 5.69 Å². The molecule has 0 heterocycles. The number of anilines is 1. The molecule has 174 valence electrons. The molecule has 0 aromatic heterocycles. The van der Waals surface area contributed by atoms with Gasteiger partial charge in [-0.25, -0.2) is 0 Å². The van der Waals surface area contributed by atoms with Gasteiger partial charge >= 0.3 is 5.97 Å². The van der Waals surface area contributed by atoms with Crippen molar-refractivity contribution >= 4 is 23.2 Å². The van der Waals surface area contributed by atoms with Crippen LogP contribution < -0.4 is 5.73 Å². The number of fused-ring (bicyclic) bond motifs is 4. The second-order valence-corrected chi connectivity index (χ2v) is 10.7. The average Bonchev–Trinajstić information content (AvgIpc) is 3.06. The fraction of sp³-hybridized carbons (Fsp3) is 0.536. The minimum atomic E-state index is -1.02. The Bertz CT molecular complexity index is 1100. The summed E-state index contributed by atoms with van der Waals surface area (Å²) in [4.78, 5) is 37.5. The molecule has 0 amide bonds. The van der Waals surface area contributed by atoms with E-state index in [1.54, 1.807) is 6.92 Å². The van der Waals surface area contributed by atoms with Crippen LogP contribution in [-0.2, 0) is 19.1 Å². The van der Waals surface area contributed by atoms with Gasteiger partial charge in [-0.05, 0) is 92.2 Å². The van der Waals surface area contributed by atoms with Gasteiger partial charge < -0.3 is 10.5 Å². The van der Waals surface area contributed by atoms with Crippen LogP contribution in [0.1, 0.15) is 77.2 Å². The van der Waals surface area contributed by atoms with E-state index in [2.05, 4.69) is 19.1 Å². The Hall–Kier alpha value is -2.69. The molecule has 5 atom stereocenters. The van der Waals surface area contributed by atoms with Crippen molar-refractivity contribution in [2.75, 3.05) is 5.73 Å². The fourth-order valence-electron chi connectivity index (χ4n) is 7.71. The fourth-order valence-corrected chi connectivity index (χ4v) is 7.71. The number of allylic oxidation sites excluding steroid dienone is 4. The number of benzene rings is 1. The molecule has 2 saturated carbocycles. The van der Waals surface area contributed by atoms with Gasteiger partial charge in [-0.15, -0.1) is 0 Å². The summed E-state index contributed by atoms with van der Waals surface area (Å²) in [5, 5.41) is 0. The van der Waals surface area contributed by atoms with Crippen molar-refractivity contribution in [1.29, 1.82) is 0 Å². The first-order valence-electron chi connectivity index (χ1n) is 12.2. The summed E-state index contributed by atoms with van der Waals surface area (Å²) in [6.07, 6.45) is 7.41. The van der Waals surface area contributed by atoms with Gasteiger partial charge in [0.1, 0.15) is 0 Å². The number of carbonyl (C=O) groups is 3. The van der Waals surface area contributed by atoms with E-state index in [0.717, 1.165) is 43.4 Å². The van der Waals surface area contributed by atoms with Crippen LogP contribution in [0.3, 0.4) is 0 Å². The number of esters is 1. The third-order valence-electron chi connectivity index (χ3n) is 9.13. The highest BCUT2D eigenvalue weighted by Crippen LogP contribution is 2.65. The van der Waals surface area contributed by atoms with Gasteiger partial charge in [-0.2, -0.15) is 0 Å². The lowest BCUT2D eigenvalue weighted by atomic mass is 9.53. The maximum atomic E-state index is 12.9. The number of carbonyl (C=O) groups excluding carboxylic acids is 3.